The SMILES string of the molecule is CCc1cnn2cc(OCOC)cc(Br)c12. The van der Waals surface area contributed by atoms with Crippen LogP contribution in [0.1, 0.15) is 12.5 Å². The Hall–Kier alpha value is -1.07. The lowest BCUT2D eigenvalue weighted by molar-refractivity contribution is 0.0507. The first-order valence-electron chi connectivity index (χ1n) is 5.03. The molecule has 0 saturated carbocycles. The van der Waals surface area contributed by atoms with Crippen LogP contribution in [0, 0.1) is 0 Å². The van der Waals surface area contributed by atoms with Crippen LogP contribution in [0.3, 0.4) is 0 Å². The highest BCUT2D eigenvalue weighted by molar-refractivity contribution is 9.10. The van der Waals surface area contributed by atoms with Gasteiger partial charge in [-0.15, -0.1) is 0 Å². The molecule has 5 heteroatoms. The fraction of sp³-hybridized carbons (Fsp3) is 0.364. The third-order valence-electron chi connectivity index (χ3n) is 2.34. The minimum Gasteiger partial charge on any atom is -0.466 e. The van der Waals surface area contributed by atoms with Gasteiger partial charge < -0.3 is 9.47 Å². The summed E-state index contributed by atoms with van der Waals surface area (Å²) in [4.78, 5) is 0. The molecule has 0 aliphatic rings. The maximum absolute atomic E-state index is 5.37. The van der Waals surface area contributed by atoms with Gasteiger partial charge in [-0.1, -0.05) is 6.92 Å². The zero-order valence-electron chi connectivity index (χ0n) is 9.24. The first kappa shape index (κ1) is 11.4. The highest BCUT2D eigenvalue weighted by Gasteiger charge is 2.08. The summed E-state index contributed by atoms with van der Waals surface area (Å²) in [5, 5.41) is 4.28. The van der Waals surface area contributed by atoms with E-state index in [0.29, 0.717) is 0 Å². The molecule has 0 radical (unpaired) electrons. The molecule has 2 aromatic rings. The number of fused-ring (bicyclic) bond motifs is 1. The Balaban J connectivity index is 2.44. The highest BCUT2D eigenvalue weighted by Crippen LogP contribution is 2.26. The topological polar surface area (TPSA) is 35.8 Å². The average molecular weight is 285 g/mol. The van der Waals surface area contributed by atoms with Crippen LogP contribution >= 0.6 is 15.9 Å². The van der Waals surface area contributed by atoms with Gasteiger partial charge in [0.15, 0.2) is 6.79 Å². The van der Waals surface area contributed by atoms with Gasteiger partial charge >= 0.3 is 0 Å². The van der Waals surface area contributed by atoms with Crippen LogP contribution in [-0.2, 0) is 11.2 Å². The lowest BCUT2D eigenvalue weighted by atomic mass is 10.2. The summed E-state index contributed by atoms with van der Waals surface area (Å²) >= 11 is 3.53. The van der Waals surface area contributed by atoms with Gasteiger partial charge in [0.25, 0.3) is 0 Å². The van der Waals surface area contributed by atoms with Crippen molar-refractivity contribution in [1.82, 2.24) is 9.61 Å². The van der Waals surface area contributed by atoms with Crippen molar-refractivity contribution >= 4 is 21.4 Å². The molecule has 16 heavy (non-hydrogen) atoms. The molecule has 0 N–H and O–H groups in total. The van der Waals surface area contributed by atoms with E-state index in [1.54, 1.807) is 7.11 Å². The Morgan fingerprint density at radius 3 is 3.00 bits per heavy atom. The molecule has 2 rings (SSSR count). The minimum atomic E-state index is 0.236. The first-order valence-corrected chi connectivity index (χ1v) is 5.83. The number of methoxy groups -OCH3 is 1. The molecule has 0 fully saturated rings. The van der Waals surface area contributed by atoms with E-state index in [-0.39, 0.29) is 6.79 Å². The Labute approximate surface area is 102 Å². The monoisotopic (exact) mass is 284 g/mol. The van der Waals surface area contributed by atoms with Crippen molar-refractivity contribution in [3.05, 3.63) is 28.5 Å². The molecule has 0 saturated heterocycles. The average Bonchev–Trinajstić information content (AvgIpc) is 2.69. The summed E-state index contributed by atoms with van der Waals surface area (Å²) in [6, 6.07) is 1.93. The molecule has 0 bridgehead atoms. The summed E-state index contributed by atoms with van der Waals surface area (Å²) < 4.78 is 13.0. The summed E-state index contributed by atoms with van der Waals surface area (Å²) in [6.07, 6.45) is 4.68. The summed E-state index contributed by atoms with van der Waals surface area (Å²) in [6.45, 7) is 2.35. The minimum absolute atomic E-state index is 0.236. The first-order chi connectivity index (χ1) is 7.76. The Kier molecular flexibility index (Phi) is 3.46. The van der Waals surface area contributed by atoms with Crippen LogP contribution in [0.5, 0.6) is 5.75 Å². The van der Waals surface area contributed by atoms with Gasteiger partial charge in [0.1, 0.15) is 5.75 Å². The van der Waals surface area contributed by atoms with Crippen LogP contribution in [-0.4, -0.2) is 23.5 Å². The highest BCUT2D eigenvalue weighted by atomic mass is 79.9. The second kappa shape index (κ2) is 4.84. The number of nitrogens with zero attached hydrogens (tertiary/aromatic N) is 2. The molecule has 0 atom stereocenters. The maximum atomic E-state index is 5.37. The van der Waals surface area contributed by atoms with Crippen LogP contribution in [0.2, 0.25) is 0 Å². The predicted molar refractivity (Wildman–Crippen MR) is 64.8 cm³/mol. The normalized spacial score (nSPS) is 10.9. The number of rotatable bonds is 4. The molecule has 86 valence electrons. The largest absolute Gasteiger partial charge is 0.466 e. The van der Waals surface area contributed by atoms with Crippen molar-refractivity contribution in [2.75, 3.05) is 13.9 Å². The Bertz CT molecular complexity index is 496. The van der Waals surface area contributed by atoms with E-state index >= 15 is 0 Å². The number of hydrogen-bond donors (Lipinski definition) is 0. The molecule has 0 aliphatic carbocycles. The number of halogens is 1. The van der Waals surface area contributed by atoms with Gasteiger partial charge in [-0.05, 0) is 34.0 Å². The van der Waals surface area contributed by atoms with Crippen molar-refractivity contribution in [3.8, 4) is 5.75 Å². The zero-order chi connectivity index (χ0) is 11.5. The van der Waals surface area contributed by atoms with Crippen molar-refractivity contribution in [2.45, 2.75) is 13.3 Å². The molecular weight excluding hydrogens is 272 g/mol. The van der Waals surface area contributed by atoms with Crippen molar-refractivity contribution in [1.29, 1.82) is 0 Å². The number of aromatic nitrogens is 2. The van der Waals surface area contributed by atoms with E-state index in [4.69, 9.17) is 9.47 Å². The van der Waals surface area contributed by atoms with Gasteiger partial charge in [-0.2, -0.15) is 5.10 Å². The fourth-order valence-electron chi connectivity index (χ4n) is 1.57. The number of ether oxygens (including phenoxy) is 2. The quantitative estimate of drug-likeness (QED) is 0.810. The van der Waals surface area contributed by atoms with Crippen LogP contribution in [0.4, 0.5) is 0 Å². The Morgan fingerprint density at radius 2 is 2.31 bits per heavy atom. The van der Waals surface area contributed by atoms with E-state index < -0.39 is 0 Å². The molecule has 0 aliphatic heterocycles. The van der Waals surface area contributed by atoms with Crippen molar-refractivity contribution in [2.24, 2.45) is 0 Å². The van der Waals surface area contributed by atoms with Gasteiger partial charge in [-0.25, -0.2) is 4.52 Å². The molecule has 0 spiro atoms. The second-order valence-corrected chi connectivity index (χ2v) is 4.25. The summed E-state index contributed by atoms with van der Waals surface area (Å²) in [7, 11) is 1.59. The van der Waals surface area contributed by atoms with Gasteiger partial charge in [0, 0.05) is 11.6 Å². The molecule has 0 aromatic carbocycles. The van der Waals surface area contributed by atoms with E-state index in [1.807, 2.05) is 23.0 Å². The molecular formula is C11H13BrN2O2. The Morgan fingerprint density at radius 1 is 1.50 bits per heavy atom. The van der Waals surface area contributed by atoms with E-state index in [0.717, 1.165) is 22.2 Å². The fourth-order valence-corrected chi connectivity index (χ4v) is 2.24. The van der Waals surface area contributed by atoms with Crippen LogP contribution in [0.25, 0.3) is 5.52 Å². The third kappa shape index (κ3) is 2.05. The molecule has 0 amide bonds. The zero-order valence-corrected chi connectivity index (χ0v) is 10.8. The lowest BCUT2D eigenvalue weighted by Gasteiger charge is -2.06. The van der Waals surface area contributed by atoms with Crippen LogP contribution < -0.4 is 4.74 Å². The second-order valence-electron chi connectivity index (χ2n) is 3.39. The smallest absolute Gasteiger partial charge is 0.188 e. The third-order valence-corrected chi connectivity index (χ3v) is 2.94. The van der Waals surface area contributed by atoms with E-state index in [2.05, 4.69) is 28.0 Å². The summed E-state index contributed by atoms with van der Waals surface area (Å²) in [5.74, 6) is 0.729. The van der Waals surface area contributed by atoms with Gasteiger partial charge in [-0.3, -0.25) is 0 Å². The summed E-state index contributed by atoms with van der Waals surface area (Å²) in [5.41, 5.74) is 2.30. The number of aryl methyl sites for hydroxylation is 1. The van der Waals surface area contributed by atoms with Crippen LogP contribution in [0.15, 0.2) is 22.9 Å². The van der Waals surface area contributed by atoms with E-state index in [9.17, 15) is 0 Å². The molecule has 2 aromatic heterocycles. The standard InChI is InChI=1S/C11H13BrN2O2/c1-3-8-5-13-14-6-9(16-7-15-2)4-10(12)11(8)14/h4-6H,3,7H2,1-2H3. The predicted octanol–water partition coefficient (Wildman–Crippen LogP) is 2.64. The number of pyridine rings is 1. The van der Waals surface area contributed by atoms with Crippen molar-refractivity contribution in [3.63, 3.8) is 0 Å². The van der Waals surface area contributed by atoms with Crippen molar-refractivity contribution < 1.29 is 9.47 Å². The molecule has 2 heterocycles. The van der Waals surface area contributed by atoms with E-state index in [1.165, 1.54) is 5.56 Å². The molecule has 0 unspecified atom stereocenters. The van der Waals surface area contributed by atoms with Gasteiger partial charge in [0.05, 0.1) is 17.9 Å². The number of hydrogen-bond acceptors (Lipinski definition) is 3. The molecule has 4 nitrogen and oxygen atoms in total. The lowest BCUT2D eigenvalue weighted by Crippen LogP contribution is -2.00. The van der Waals surface area contributed by atoms with Gasteiger partial charge in [0.2, 0.25) is 0 Å². The maximum Gasteiger partial charge on any atom is 0.188 e.